The summed E-state index contributed by atoms with van der Waals surface area (Å²) in [4.78, 5) is 40.0. The van der Waals surface area contributed by atoms with Gasteiger partial charge in [0.25, 0.3) is 0 Å². The number of piperidine rings is 2. The second-order valence-electron chi connectivity index (χ2n) is 11.2. The molecule has 2 fully saturated rings. The number of benzene rings is 1. The molecule has 4 atom stereocenters. The second kappa shape index (κ2) is 10.1. The number of carbonyl (C=O) groups excluding carboxylic acids is 2. The molecule has 0 spiro atoms. The lowest BCUT2D eigenvalue weighted by atomic mass is 9.89. The highest BCUT2D eigenvalue weighted by atomic mass is 32.1. The van der Waals surface area contributed by atoms with Crippen molar-refractivity contribution >= 4 is 50.0 Å². The predicted octanol–water partition coefficient (Wildman–Crippen LogP) is 4.56. The number of anilines is 1. The maximum atomic E-state index is 13.5. The van der Waals surface area contributed by atoms with Crippen molar-refractivity contribution in [1.82, 2.24) is 30.0 Å². The van der Waals surface area contributed by atoms with Gasteiger partial charge in [0, 0.05) is 37.1 Å². The molecule has 2 aliphatic rings. The van der Waals surface area contributed by atoms with Crippen molar-refractivity contribution in [2.75, 3.05) is 32.0 Å². The number of nitrogens with zero attached hydrogens (tertiary/aromatic N) is 5. The van der Waals surface area contributed by atoms with Crippen LogP contribution in [0.15, 0.2) is 36.8 Å². The molecule has 3 aromatic heterocycles. The molecule has 6 rings (SSSR count). The fraction of sp³-hybridized carbons (Fsp3) is 0.464. The lowest BCUT2D eigenvalue weighted by molar-refractivity contribution is -0.146. The summed E-state index contributed by atoms with van der Waals surface area (Å²) in [6.07, 6.45) is 7.80. The molecule has 0 aliphatic carbocycles. The van der Waals surface area contributed by atoms with Crippen LogP contribution in [0.3, 0.4) is 0 Å². The fourth-order valence-electron chi connectivity index (χ4n) is 6.13. The number of aromatic nitrogens is 4. The van der Waals surface area contributed by atoms with Crippen LogP contribution in [0.1, 0.15) is 55.6 Å². The van der Waals surface area contributed by atoms with E-state index in [0.29, 0.717) is 35.5 Å². The average molecular weight is 532 g/mol. The third kappa shape index (κ3) is 4.78. The molecule has 2 aliphatic heterocycles. The van der Waals surface area contributed by atoms with E-state index in [0.717, 1.165) is 48.8 Å². The summed E-state index contributed by atoms with van der Waals surface area (Å²) >= 11 is 1.78. The van der Waals surface area contributed by atoms with Gasteiger partial charge in [-0.25, -0.2) is 4.98 Å². The lowest BCUT2D eigenvalue weighted by Gasteiger charge is -2.38. The average Bonchev–Trinajstić information content (AvgIpc) is 3.55. The smallest absolute Gasteiger partial charge is 0.314 e. The number of fused-ring (bicyclic) bond motifs is 2. The van der Waals surface area contributed by atoms with Crippen LogP contribution in [0.4, 0.5) is 5.69 Å². The van der Waals surface area contributed by atoms with Crippen LogP contribution >= 0.6 is 11.3 Å². The molecule has 0 unspecified atom stereocenters. The van der Waals surface area contributed by atoms with Crippen molar-refractivity contribution in [1.29, 1.82) is 0 Å². The van der Waals surface area contributed by atoms with Gasteiger partial charge in [0.05, 0.1) is 44.9 Å². The number of carbonyl (C=O) groups is 2. The lowest BCUT2D eigenvalue weighted by Crippen LogP contribution is -2.46. The minimum absolute atomic E-state index is 0.166. The number of aromatic amines is 1. The molecule has 2 saturated heterocycles. The zero-order valence-electron chi connectivity index (χ0n) is 22.0. The Labute approximate surface area is 225 Å². The van der Waals surface area contributed by atoms with E-state index in [4.69, 9.17) is 4.98 Å². The van der Waals surface area contributed by atoms with E-state index in [-0.39, 0.29) is 6.04 Å². The number of amides is 2. The summed E-state index contributed by atoms with van der Waals surface area (Å²) in [5, 5.41) is 11.6. The van der Waals surface area contributed by atoms with Gasteiger partial charge < -0.3 is 15.1 Å². The Balaban J connectivity index is 1.25. The Hall–Kier alpha value is -3.37. The van der Waals surface area contributed by atoms with Gasteiger partial charge in [0.1, 0.15) is 0 Å². The summed E-state index contributed by atoms with van der Waals surface area (Å²) in [7, 11) is 2.19. The fourth-order valence-corrected chi connectivity index (χ4v) is 7.18. The molecule has 1 aromatic carbocycles. The van der Waals surface area contributed by atoms with E-state index in [2.05, 4.69) is 64.5 Å². The third-order valence-corrected chi connectivity index (χ3v) is 9.08. The minimum atomic E-state index is -0.666. The van der Waals surface area contributed by atoms with Crippen LogP contribution in [0.2, 0.25) is 0 Å². The Bertz CT molecular complexity index is 1490. The Morgan fingerprint density at radius 3 is 2.79 bits per heavy atom. The largest absolute Gasteiger partial charge is 0.327 e. The molecule has 4 aromatic rings. The number of thiazole rings is 1. The molecular formula is C28H33N7O2S. The second-order valence-corrected chi connectivity index (χ2v) is 12.2. The number of likely N-dealkylation sites (N-methyl/N-ethyl adjacent to an activating group) is 1. The van der Waals surface area contributed by atoms with Crippen LogP contribution in [-0.4, -0.2) is 68.5 Å². The molecule has 198 valence electrons. The summed E-state index contributed by atoms with van der Waals surface area (Å²) in [5.74, 6) is 0.237. The molecule has 9 nitrogen and oxygen atoms in total. The highest BCUT2D eigenvalue weighted by Crippen LogP contribution is 2.38. The van der Waals surface area contributed by atoms with E-state index in [1.807, 2.05) is 0 Å². The molecule has 10 heteroatoms. The Morgan fingerprint density at radius 1 is 1.08 bits per heavy atom. The van der Waals surface area contributed by atoms with Gasteiger partial charge in [-0.05, 0) is 55.8 Å². The van der Waals surface area contributed by atoms with Crippen LogP contribution in [0.5, 0.6) is 0 Å². The van der Waals surface area contributed by atoms with Gasteiger partial charge in [0.15, 0.2) is 0 Å². The van der Waals surface area contributed by atoms with Crippen molar-refractivity contribution < 1.29 is 9.59 Å². The van der Waals surface area contributed by atoms with E-state index >= 15 is 0 Å². The van der Waals surface area contributed by atoms with E-state index < -0.39 is 11.8 Å². The van der Waals surface area contributed by atoms with Gasteiger partial charge in [-0.1, -0.05) is 19.9 Å². The first kappa shape index (κ1) is 24.9. The van der Waals surface area contributed by atoms with Crippen molar-refractivity contribution in [2.45, 2.75) is 45.1 Å². The number of hydrogen-bond donors (Lipinski definition) is 2. The van der Waals surface area contributed by atoms with Gasteiger partial charge in [-0.2, -0.15) is 5.10 Å². The summed E-state index contributed by atoms with van der Waals surface area (Å²) in [6.45, 7) is 7.15. The van der Waals surface area contributed by atoms with Crippen LogP contribution in [-0.2, 0) is 9.59 Å². The monoisotopic (exact) mass is 531 g/mol. The number of pyridine rings is 1. The number of hydrogen-bond acceptors (Lipinski definition) is 7. The molecule has 2 amide bonds. The summed E-state index contributed by atoms with van der Waals surface area (Å²) < 4.78 is 1.17. The zero-order chi connectivity index (χ0) is 26.4. The number of H-pyrrole nitrogens is 1. The van der Waals surface area contributed by atoms with E-state index in [1.54, 1.807) is 28.6 Å². The normalized spacial score (nSPS) is 24.7. The number of likely N-dealkylation sites (tertiary alicyclic amines) is 2. The predicted molar refractivity (Wildman–Crippen MR) is 149 cm³/mol. The van der Waals surface area contributed by atoms with E-state index in [9.17, 15) is 9.59 Å². The molecule has 0 radical (unpaired) electrons. The van der Waals surface area contributed by atoms with Crippen molar-refractivity contribution in [2.24, 2.45) is 11.8 Å². The van der Waals surface area contributed by atoms with Gasteiger partial charge in [-0.3, -0.25) is 19.7 Å². The SMILES string of the molecule is C[C@H]1C[C@H](c2nc3cc([C@H]4CC[C@H](C)CN4C(=O)C(=O)Nc4cncc5cn[nH]c45)ccc3s2)CN(C)C1. The first-order chi connectivity index (χ1) is 18.4. The maximum absolute atomic E-state index is 13.5. The van der Waals surface area contributed by atoms with Crippen LogP contribution in [0, 0.1) is 11.8 Å². The van der Waals surface area contributed by atoms with Crippen LogP contribution in [0.25, 0.3) is 21.1 Å². The first-order valence-corrected chi connectivity index (χ1v) is 14.1. The standard InChI is InChI=1S/C28H33N7O2S/c1-16-4-6-23(35(14-16)28(37)26(36)31-22-12-29-10-20-11-30-33-25(20)22)18-5-7-24-21(9-18)32-27(38-24)19-8-17(2)13-34(3)15-19/h5,7,9-12,16-17,19,23H,4,6,8,13-15H2,1-3H3,(H,30,33)(H,31,36)/t16-,17-,19-,23+/m0/s1. The number of nitrogens with one attached hydrogen (secondary N) is 2. The van der Waals surface area contributed by atoms with E-state index in [1.165, 1.54) is 15.9 Å². The number of rotatable bonds is 3. The maximum Gasteiger partial charge on any atom is 0.314 e. The highest BCUT2D eigenvalue weighted by Gasteiger charge is 2.35. The van der Waals surface area contributed by atoms with Gasteiger partial charge in [0.2, 0.25) is 0 Å². The summed E-state index contributed by atoms with van der Waals surface area (Å²) in [5.41, 5.74) is 3.11. The van der Waals surface area contributed by atoms with Gasteiger partial charge in [-0.15, -0.1) is 11.3 Å². The van der Waals surface area contributed by atoms with Crippen molar-refractivity contribution in [3.05, 3.63) is 47.4 Å². The van der Waals surface area contributed by atoms with Crippen molar-refractivity contribution in [3.8, 4) is 0 Å². The van der Waals surface area contributed by atoms with Crippen molar-refractivity contribution in [3.63, 3.8) is 0 Å². The Morgan fingerprint density at radius 2 is 1.95 bits per heavy atom. The molecule has 2 N–H and O–H groups in total. The first-order valence-electron chi connectivity index (χ1n) is 13.3. The summed E-state index contributed by atoms with van der Waals surface area (Å²) in [6, 6.07) is 6.20. The van der Waals surface area contributed by atoms with Gasteiger partial charge >= 0.3 is 11.8 Å². The molecule has 0 saturated carbocycles. The molecular weight excluding hydrogens is 498 g/mol. The topological polar surface area (TPSA) is 107 Å². The quantitative estimate of drug-likeness (QED) is 0.375. The highest BCUT2D eigenvalue weighted by molar-refractivity contribution is 7.18. The van der Waals surface area contributed by atoms with Crippen LogP contribution < -0.4 is 5.32 Å². The molecule has 38 heavy (non-hydrogen) atoms. The Kier molecular flexibility index (Phi) is 6.61. The zero-order valence-corrected chi connectivity index (χ0v) is 22.8. The minimum Gasteiger partial charge on any atom is -0.327 e. The molecule has 5 heterocycles. The third-order valence-electron chi connectivity index (χ3n) is 7.88. The molecule has 0 bridgehead atoms.